The van der Waals surface area contributed by atoms with E-state index in [1.807, 2.05) is 36.4 Å². The first kappa shape index (κ1) is 20.9. The summed E-state index contributed by atoms with van der Waals surface area (Å²) in [5, 5.41) is 0. The number of rotatable bonds is 7. The van der Waals surface area contributed by atoms with E-state index in [-0.39, 0.29) is 29.8 Å². The predicted molar refractivity (Wildman–Crippen MR) is 124 cm³/mol. The van der Waals surface area contributed by atoms with Gasteiger partial charge in [-0.3, -0.25) is 9.78 Å². The maximum atomic E-state index is 14.8. The molecule has 5 rings (SSSR count). The first-order valence-corrected chi connectivity index (χ1v) is 10.9. The van der Waals surface area contributed by atoms with E-state index in [2.05, 4.69) is 23.2 Å². The average Bonchev–Trinajstić information content (AvgIpc) is 3.28. The minimum absolute atomic E-state index is 0.0738. The zero-order chi connectivity index (χ0) is 22.6. The van der Waals surface area contributed by atoms with Crippen LogP contribution in [0.1, 0.15) is 39.6 Å². The van der Waals surface area contributed by atoms with Crippen LogP contribution in [0.15, 0.2) is 85.2 Å². The summed E-state index contributed by atoms with van der Waals surface area (Å²) >= 11 is 0. The zero-order valence-electron chi connectivity index (χ0n) is 17.9. The molecule has 0 saturated heterocycles. The van der Waals surface area contributed by atoms with Crippen LogP contribution < -0.4 is 9.47 Å². The highest BCUT2D eigenvalue weighted by Crippen LogP contribution is 2.41. The number of fused-ring (bicyclic) bond motifs is 1. The third-order valence-corrected chi connectivity index (χ3v) is 5.88. The summed E-state index contributed by atoms with van der Waals surface area (Å²) in [4.78, 5) is 15.5. The second-order valence-electron chi connectivity index (χ2n) is 7.97. The Morgan fingerprint density at radius 2 is 1.88 bits per heavy atom. The molecule has 33 heavy (non-hydrogen) atoms. The van der Waals surface area contributed by atoms with Gasteiger partial charge in [0.25, 0.3) is 0 Å². The minimum atomic E-state index is -0.585. The topological polar surface area (TPSA) is 48.4 Å². The van der Waals surface area contributed by atoms with E-state index in [1.165, 1.54) is 17.2 Å². The van der Waals surface area contributed by atoms with Gasteiger partial charge in [-0.05, 0) is 47.2 Å². The van der Waals surface area contributed by atoms with E-state index < -0.39 is 5.82 Å². The molecule has 0 bridgehead atoms. The van der Waals surface area contributed by atoms with Gasteiger partial charge in [0.1, 0.15) is 18.5 Å². The van der Waals surface area contributed by atoms with Gasteiger partial charge >= 0.3 is 0 Å². The molecule has 1 heterocycles. The van der Waals surface area contributed by atoms with E-state index >= 15 is 0 Å². The summed E-state index contributed by atoms with van der Waals surface area (Å²) in [7, 11) is 0. The molecule has 1 aliphatic rings. The molecule has 4 nitrogen and oxygen atoms in total. The molecule has 0 aliphatic heterocycles. The van der Waals surface area contributed by atoms with Crippen LogP contribution in [0.2, 0.25) is 0 Å². The number of halogens is 1. The number of hydrogen-bond donors (Lipinski definition) is 0. The summed E-state index contributed by atoms with van der Waals surface area (Å²) in [5.41, 5.74) is 5.61. The Morgan fingerprint density at radius 3 is 2.67 bits per heavy atom. The van der Waals surface area contributed by atoms with Crippen LogP contribution in [0, 0.1) is 5.82 Å². The Kier molecular flexibility index (Phi) is 5.85. The molecule has 0 N–H and O–H groups in total. The van der Waals surface area contributed by atoms with Crippen molar-refractivity contribution in [1.29, 1.82) is 0 Å². The number of aromatic nitrogens is 1. The molecule has 1 aliphatic carbocycles. The lowest BCUT2D eigenvalue weighted by Crippen LogP contribution is -2.06. The third kappa shape index (κ3) is 4.35. The number of hydrogen-bond acceptors (Lipinski definition) is 4. The van der Waals surface area contributed by atoms with Gasteiger partial charge in [0.15, 0.2) is 17.9 Å². The lowest BCUT2D eigenvalue weighted by molar-refractivity contribution is 0.111. The molecule has 0 spiro atoms. The fourth-order valence-corrected chi connectivity index (χ4v) is 4.28. The van der Waals surface area contributed by atoms with Gasteiger partial charge in [-0.1, -0.05) is 54.6 Å². The summed E-state index contributed by atoms with van der Waals surface area (Å²) < 4.78 is 26.7. The van der Waals surface area contributed by atoms with Crippen LogP contribution >= 0.6 is 0 Å². The molecule has 0 amide bonds. The minimum Gasteiger partial charge on any atom is -0.488 e. The Labute approximate surface area is 191 Å². The van der Waals surface area contributed by atoms with Crippen molar-refractivity contribution in [3.05, 3.63) is 113 Å². The molecule has 164 valence electrons. The van der Waals surface area contributed by atoms with E-state index in [0.29, 0.717) is 6.29 Å². The van der Waals surface area contributed by atoms with Crippen molar-refractivity contribution < 1.29 is 18.7 Å². The Balaban J connectivity index is 1.41. The van der Waals surface area contributed by atoms with Crippen LogP contribution in [-0.2, 0) is 13.0 Å². The summed E-state index contributed by atoms with van der Waals surface area (Å²) in [6.07, 6.45) is 5.27. The highest BCUT2D eigenvalue weighted by atomic mass is 19.1. The Morgan fingerprint density at radius 1 is 1.00 bits per heavy atom. The van der Waals surface area contributed by atoms with Crippen molar-refractivity contribution in [1.82, 2.24) is 4.98 Å². The van der Waals surface area contributed by atoms with E-state index in [4.69, 9.17) is 9.47 Å². The van der Waals surface area contributed by atoms with Gasteiger partial charge in [-0.15, -0.1) is 0 Å². The number of pyridine rings is 1. The highest BCUT2D eigenvalue weighted by molar-refractivity contribution is 5.80. The highest BCUT2D eigenvalue weighted by Gasteiger charge is 2.27. The molecule has 0 saturated carbocycles. The molecule has 0 radical (unpaired) electrons. The van der Waals surface area contributed by atoms with Gasteiger partial charge in [-0.2, -0.15) is 0 Å². The molecule has 0 fully saturated rings. The summed E-state index contributed by atoms with van der Waals surface area (Å²) in [6.45, 7) is 0.215. The fourth-order valence-electron chi connectivity index (χ4n) is 4.28. The second-order valence-corrected chi connectivity index (χ2v) is 7.97. The SMILES string of the molecule is O=Cc1cc(F)c(OC2CCc3c(-c4ccccc4)cccc32)cc1OCc1cccnc1. The summed E-state index contributed by atoms with van der Waals surface area (Å²) in [6, 6.07) is 22.7. The lowest BCUT2D eigenvalue weighted by Gasteiger charge is -2.18. The fraction of sp³-hybridized carbons (Fsp3) is 0.143. The maximum absolute atomic E-state index is 14.8. The van der Waals surface area contributed by atoms with Crippen molar-refractivity contribution in [3.63, 3.8) is 0 Å². The van der Waals surface area contributed by atoms with Gasteiger partial charge in [0, 0.05) is 24.0 Å². The molecule has 1 aromatic heterocycles. The average molecular weight is 439 g/mol. The molecular weight excluding hydrogens is 417 g/mol. The molecule has 4 aromatic rings. The number of nitrogens with zero attached hydrogens (tertiary/aromatic N) is 1. The lowest BCUT2D eigenvalue weighted by atomic mass is 9.97. The predicted octanol–water partition coefficient (Wildman–Crippen LogP) is 6.35. The third-order valence-electron chi connectivity index (χ3n) is 5.88. The van der Waals surface area contributed by atoms with Crippen molar-refractivity contribution in [3.8, 4) is 22.6 Å². The Bertz CT molecular complexity index is 1280. The first-order valence-electron chi connectivity index (χ1n) is 10.9. The van der Waals surface area contributed by atoms with Crippen molar-refractivity contribution >= 4 is 6.29 Å². The molecule has 3 aromatic carbocycles. The van der Waals surface area contributed by atoms with Crippen LogP contribution in [0.4, 0.5) is 4.39 Å². The van der Waals surface area contributed by atoms with Crippen molar-refractivity contribution in [2.75, 3.05) is 0 Å². The van der Waals surface area contributed by atoms with Gasteiger partial charge in [-0.25, -0.2) is 4.39 Å². The van der Waals surface area contributed by atoms with Crippen LogP contribution in [-0.4, -0.2) is 11.3 Å². The standard InChI is InChI=1S/C28H22FNO3/c29-25-14-21(17-31)27(32-18-19-6-5-13-30-16-19)15-28(25)33-26-12-11-23-22(9-4-10-24(23)26)20-7-2-1-3-8-20/h1-10,13-17,26H,11-12,18H2. The van der Waals surface area contributed by atoms with Gasteiger partial charge < -0.3 is 9.47 Å². The van der Waals surface area contributed by atoms with E-state index in [9.17, 15) is 9.18 Å². The van der Waals surface area contributed by atoms with Crippen LogP contribution in [0.25, 0.3) is 11.1 Å². The first-order chi connectivity index (χ1) is 16.2. The van der Waals surface area contributed by atoms with Crippen molar-refractivity contribution in [2.45, 2.75) is 25.6 Å². The van der Waals surface area contributed by atoms with Gasteiger partial charge in [0.05, 0.1) is 5.56 Å². The number of aldehydes is 1. The van der Waals surface area contributed by atoms with Crippen LogP contribution in [0.5, 0.6) is 11.5 Å². The maximum Gasteiger partial charge on any atom is 0.166 e. The number of benzene rings is 3. The van der Waals surface area contributed by atoms with E-state index in [1.54, 1.807) is 18.5 Å². The summed E-state index contributed by atoms with van der Waals surface area (Å²) in [5.74, 6) is -0.232. The normalized spacial score (nSPS) is 14.5. The molecule has 5 heteroatoms. The largest absolute Gasteiger partial charge is 0.488 e. The number of carbonyl (C=O) groups is 1. The Hall–Kier alpha value is -3.99. The zero-order valence-corrected chi connectivity index (χ0v) is 17.9. The van der Waals surface area contributed by atoms with E-state index in [0.717, 1.165) is 35.6 Å². The smallest absolute Gasteiger partial charge is 0.166 e. The number of carbonyl (C=O) groups excluding carboxylic acids is 1. The molecule has 1 unspecified atom stereocenters. The van der Waals surface area contributed by atoms with Gasteiger partial charge in [0.2, 0.25) is 0 Å². The second kappa shape index (κ2) is 9.25. The van der Waals surface area contributed by atoms with Crippen molar-refractivity contribution in [2.24, 2.45) is 0 Å². The molecular formula is C28H22FNO3. The molecule has 1 atom stereocenters. The monoisotopic (exact) mass is 439 g/mol. The van der Waals surface area contributed by atoms with Crippen LogP contribution in [0.3, 0.4) is 0 Å². The number of ether oxygens (including phenoxy) is 2. The quantitative estimate of drug-likeness (QED) is 0.315.